The number of aliphatic hydroxyl groups excluding tert-OH is 1. The number of piperidine rings is 1. The summed E-state index contributed by atoms with van der Waals surface area (Å²) in [5.41, 5.74) is 0. The van der Waals surface area contributed by atoms with Gasteiger partial charge in [-0.3, -0.25) is 0 Å². The minimum atomic E-state index is -1.40. The molecule has 0 spiro atoms. The maximum atomic E-state index is 10.5. The van der Waals surface area contributed by atoms with E-state index < -0.39 is 12.4 Å². The normalized spacial score (nSPS) is 24.6. The molecule has 3 N–H and O–H groups in total. The number of carbonyl (C=O) groups is 1. The van der Waals surface area contributed by atoms with Crippen molar-refractivity contribution in [1.82, 2.24) is 4.90 Å². The Kier molecular flexibility index (Phi) is 2.88. The van der Waals surface area contributed by atoms with E-state index in [2.05, 4.69) is 0 Å². The molecule has 0 aliphatic carbocycles. The van der Waals surface area contributed by atoms with E-state index in [-0.39, 0.29) is 12.5 Å². The first-order valence-corrected chi connectivity index (χ1v) is 3.95. The van der Waals surface area contributed by atoms with Crippen LogP contribution >= 0.6 is 0 Å². The third-order valence-electron chi connectivity index (χ3n) is 2.15. The lowest BCUT2D eigenvalue weighted by atomic mass is 9.98. The summed E-state index contributed by atoms with van der Waals surface area (Å²) >= 11 is 0. The number of nitrogens with zero attached hydrogens (tertiary/aromatic N) is 1. The summed E-state index contributed by atoms with van der Waals surface area (Å²) in [5, 5.41) is 26.2. The van der Waals surface area contributed by atoms with Crippen molar-refractivity contribution in [3.8, 4) is 0 Å². The van der Waals surface area contributed by atoms with Crippen LogP contribution in [0.15, 0.2) is 0 Å². The molecule has 0 saturated carbocycles. The second-order valence-corrected chi connectivity index (χ2v) is 3.04. The summed E-state index contributed by atoms with van der Waals surface area (Å²) in [6.45, 7) is 0.728. The van der Waals surface area contributed by atoms with Gasteiger partial charge in [-0.2, -0.15) is 0 Å². The fourth-order valence-corrected chi connectivity index (χ4v) is 1.43. The number of hydrogen-bond donors (Lipinski definition) is 3. The molecule has 1 fully saturated rings. The summed E-state index contributed by atoms with van der Waals surface area (Å²) in [4.78, 5) is 11.7. The van der Waals surface area contributed by atoms with Gasteiger partial charge in [-0.25, -0.2) is 4.79 Å². The van der Waals surface area contributed by atoms with Crippen LogP contribution in [0, 0.1) is 5.92 Å². The maximum absolute atomic E-state index is 10.5. The first-order chi connectivity index (χ1) is 5.61. The second kappa shape index (κ2) is 3.73. The van der Waals surface area contributed by atoms with Gasteiger partial charge in [0.25, 0.3) is 0 Å². The zero-order chi connectivity index (χ0) is 9.14. The van der Waals surface area contributed by atoms with Gasteiger partial charge >= 0.3 is 6.09 Å². The van der Waals surface area contributed by atoms with Crippen LogP contribution in [0.25, 0.3) is 0 Å². The van der Waals surface area contributed by atoms with Gasteiger partial charge in [-0.15, -0.1) is 0 Å². The van der Waals surface area contributed by atoms with E-state index >= 15 is 0 Å². The highest BCUT2D eigenvalue weighted by molar-refractivity contribution is 5.65. The molecule has 0 aromatic rings. The molecule has 1 aliphatic heterocycles. The predicted molar refractivity (Wildman–Crippen MR) is 40.5 cm³/mol. The highest BCUT2D eigenvalue weighted by atomic mass is 16.5. The van der Waals surface area contributed by atoms with Gasteiger partial charge in [0.1, 0.15) is 0 Å². The molecule has 1 saturated heterocycles. The van der Waals surface area contributed by atoms with Crippen molar-refractivity contribution < 1.29 is 20.1 Å². The molecular weight excluding hydrogens is 162 g/mol. The molecule has 1 heterocycles. The molecule has 1 unspecified atom stereocenters. The smallest absolute Gasteiger partial charge is 0.407 e. The molecular formula is C7H13NO4. The van der Waals surface area contributed by atoms with Crippen LogP contribution < -0.4 is 0 Å². The Bertz CT molecular complexity index is 171. The van der Waals surface area contributed by atoms with Crippen molar-refractivity contribution in [3.05, 3.63) is 0 Å². The van der Waals surface area contributed by atoms with Crippen LogP contribution in [0.1, 0.15) is 12.8 Å². The Morgan fingerprint density at radius 1 is 1.50 bits per heavy atom. The average Bonchev–Trinajstić information content (AvgIpc) is 2.04. The van der Waals surface area contributed by atoms with Crippen molar-refractivity contribution in [1.29, 1.82) is 0 Å². The van der Waals surface area contributed by atoms with Gasteiger partial charge in [-0.05, 0) is 12.8 Å². The largest absolute Gasteiger partial charge is 0.465 e. The van der Waals surface area contributed by atoms with E-state index in [1.165, 1.54) is 4.90 Å². The van der Waals surface area contributed by atoms with Crippen LogP contribution in [-0.4, -0.2) is 45.7 Å². The van der Waals surface area contributed by atoms with Crippen LogP contribution in [0.3, 0.4) is 0 Å². The lowest BCUT2D eigenvalue weighted by Gasteiger charge is -2.31. The number of rotatable bonds is 1. The van der Waals surface area contributed by atoms with Crippen molar-refractivity contribution in [2.24, 2.45) is 5.92 Å². The van der Waals surface area contributed by atoms with E-state index in [0.29, 0.717) is 19.4 Å². The van der Waals surface area contributed by atoms with Crippen LogP contribution in [-0.2, 0) is 0 Å². The fraction of sp³-hybridized carbons (Fsp3) is 0.857. The standard InChI is InChI=1S/C7H13NO4/c9-6(10)5-2-1-3-8(4-5)7(11)12/h5-6,9-10H,1-4H2,(H,11,12). The molecule has 0 radical (unpaired) electrons. The van der Waals surface area contributed by atoms with Crippen LogP contribution in [0.4, 0.5) is 4.79 Å². The first kappa shape index (κ1) is 9.28. The molecule has 5 nitrogen and oxygen atoms in total. The van der Waals surface area contributed by atoms with Crippen molar-refractivity contribution >= 4 is 6.09 Å². The Hall–Kier alpha value is -0.810. The highest BCUT2D eigenvalue weighted by Crippen LogP contribution is 2.18. The molecule has 1 amide bonds. The number of amides is 1. The minimum Gasteiger partial charge on any atom is -0.465 e. The lowest BCUT2D eigenvalue weighted by Crippen LogP contribution is -2.42. The Labute approximate surface area is 70.2 Å². The highest BCUT2D eigenvalue weighted by Gasteiger charge is 2.26. The van der Waals surface area contributed by atoms with E-state index in [1.54, 1.807) is 0 Å². The van der Waals surface area contributed by atoms with Gasteiger partial charge in [0.05, 0.1) is 0 Å². The van der Waals surface area contributed by atoms with E-state index in [9.17, 15) is 4.79 Å². The number of aliphatic hydroxyl groups is 2. The second-order valence-electron chi connectivity index (χ2n) is 3.04. The van der Waals surface area contributed by atoms with Crippen molar-refractivity contribution in [2.45, 2.75) is 19.1 Å². The minimum absolute atomic E-state index is 0.229. The predicted octanol–water partition coefficient (Wildman–Crippen LogP) is -0.313. The Morgan fingerprint density at radius 3 is 2.67 bits per heavy atom. The quantitative estimate of drug-likeness (QED) is 0.477. The summed E-state index contributed by atoms with van der Waals surface area (Å²) in [6.07, 6.45) is -0.997. The maximum Gasteiger partial charge on any atom is 0.407 e. The summed E-state index contributed by atoms with van der Waals surface area (Å²) in [6, 6.07) is 0. The number of carboxylic acid groups (broad SMARTS) is 1. The first-order valence-electron chi connectivity index (χ1n) is 3.95. The molecule has 5 heteroatoms. The summed E-state index contributed by atoms with van der Waals surface area (Å²) in [7, 11) is 0. The molecule has 70 valence electrons. The zero-order valence-electron chi connectivity index (χ0n) is 6.68. The van der Waals surface area contributed by atoms with Crippen LogP contribution in [0.2, 0.25) is 0 Å². The zero-order valence-corrected chi connectivity index (χ0v) is 6.68. The van der Waals surface area contributed by atoms with Crippen molar-refractivity contribution in [3.63, 3.8) is 0 Å². The molecule has 1 rings (SSSR count). The Balaban J connectivity index is 2.46. The van der Waals surface area contributed by atoms with Crippen molar-refractivity contribution in [2.75, 3.05) is 13.1 Å². The topological polar surface area (TPSA) is 81.0 Å². The molecule has 12 heavy (non-hydrogen) atoms. The summed E-state index contributed by atoms with van der Waals surface area (Å²) < 4.78 is 0. The third kappa shape index (κ3) is 2.09. The molecule has 0 bridgehead atoms. The molecule has 1 aliphatic rings. The van der Waals surface area contributed by atoms with E-state index in [1.807, 2.05) is 0 Å². The van der Waals surface area contributed by atoms with E-state index in [0.717, 1.165) is 0 Å². The molecule has 0 aromatic heterocycles. The molecule has 1 atom stereocenters. The van der Waals surface area contributed by atoms with Gasteiger partial charge in [-0.1, -0.05) is 0 Å². The van der Waals surface area contributed by atoms with Gasteiger partial charge < -0.3 is 20.2 Å². The van der Waals surface area contributed by atoms with Gasteiger partial charge in [0.15, 0.2) is 6.29 Å². The van der Waals surface area contributed by atoms with Gasteiger partial charge in [0, 0.05) is 19.0 Å². The lowest BCUT2D eigenvalue weighted by molar-refractivity contribution is -0.0981. The number of likely N-dealkylation sites (tertiary alicyclic amines) is 1. The summed E-state index contributed by atoms with van der Waals surface area (Å²) in [5.74, 6) is -0.324. The van der Waals surface area contributed by atoms with Gasteiger partial charge in [0.2, 0.25) is 0 Å². The monoisotopic (exact) mass is 175 g/mol. The SMILES string of the molecule is O=C(O)N1CCCC(C(O)O)C1. The van der Waals surface area contributed by atoms with E-state index in [4.69, 9.17) is 15.3 Å². The average molecular weight is 175 g/mol. The fourth-order valence-electron chi connectivity index (χ4n) is 1.43. The number of hydrogen-bond acceptors (Lipinski definition) is 3. The van der Waals surface area contributed by atoms with Crippen LogP contribution in [0.5, 0.6) is 0 Å². The molecule has 0 aromatic carbocycles. The third-order valence-corrected chi connectivity index (χ3v) is 2.15. The Morgan fingerprint density at radius 2 is 2.17 bits per heavy atom.